The first-order chi connectivity index (χ1) is 6.29. The highest BCUT2D eigenvalue weighted by atomic mass is 16.4. The molecule has 1 saturated carbocycles. The van der Waals surface area contributed by atoms with Crippen LogP contribution in [0.3, 0.4) is 0 Å². The summed E-state index contributed by atoms with van der Waals surface area (Å²) >= 11 is 0. The standard InChI is InChI=1S/C10H13BO2/c12-11(13)10-7-2-1-6-9(10)8-4-3-5-8/h1-2,6-8,12-13H,3-5H2. The summed E-state index contributed by atoms with van der Waals surface area (Å²) < 4.78 is 0. The summed E-state index contributed by atoms with van der Waals surface area (Å²) in [6.07, 6.45) is 3.63. The lowest BCUT2D eigenvalue weighted by molar-refractivity contribution is 0.410. The maximum Gasteiger partial charge on any atom is 0.488 e. The molecular formula is C10H13BO2. The molecule has 2 N–H and O–H groups in total. The Morgan fingerprint density at radius 1 is 1.15 bits per heavy atom. The third-order valence-electron chi connectivity index (χ3n) is 2.82. The molecule has 13 heavy (non-hydrogen) atoms. The van der Waals surface area contributed by atoms with Crippen molar-refractivity contribution in [1.82, 2.24) is 0 Å². The zero-order chi connectivity index (χ0) is 9.26. The van der Waals surface area contributed by atoms with E-state index in [-0.39, 0.29) is 0 Å². The van der Waals surface area contributed by atoms with Crippen LogP contribution in [0.1, 0.15) is 30.7 Å². The van der Waals surface area contributed by atoms with Gasteiger partial charge in [0.15, 0.2) is 0 Å². The predicted molar refractivity (Wildman–Crippen MR) is 52.9 cm³/mol. The lowest BCUT2D eigenvalue weighted by atomic mass is 9.69. The second-order valence-electron chi connectivity index (χ2n) is 3.63. The van der Waals surface area contributed by atoms with Gasteiger partial charge in [-0.2, -0.15) is 0 Å². The van der Waals surface area contributed by atoms with Crippen LogP contribution in [0.25, 0.3) is 0 Å². The zero-order valence-electron chi connectivity index (χ0n) is 7.48. The molecule has 2 nitrogen and oxygen atoms in total. The van der Waals surface area contributed by atoms with Gasteiger partial charge in [0.2, 0.25) is 0 Å². The molecule has 0 aromatic heterocycles. The number of benzene rings is 1. The molecule has 0 radical (unpaired) electrons. The fraction of sp³-hybridized carbons (Fsp3) is 0.400. The molecule has 1 aliphatic carbocycles. The average Bonchev–Trinajstić information content (AvgIpc) is 2.02. The van der Waals surface area contributed by atoms with E-state index >= 15 is 0 Å². The van der Waals surface area contributed by atoms with Crippen LogP contribution in [0, 0.1) is 0 Å². The molecule has 1 aliphatic rings. The van der Waals surface area contributed by atoms with Gasteiger partial charge in [0.05, 0.1) is 0 Å². The van der Waals surface area contributed by atoms with Crippen molar-refractivity contribution in [2.45, 2.75) is 25.2 Å². The van der Waals surface area contributed by atoms with Crippen LogP contribution >= 0.6 is 0 Å². The highest BCUT2D eigenvalue weighted by molar-refractivity contribution is 6.59. The number of hydrogen-bond acceptors (Lipinski definition) is 2. The molecule has 3 heteroatoms. The van der Waals surface area contributed by atoms with Gasteiger partial charge in [-0.15, -0.1) is 0 Å². The molecule has 0 amide bonds. The number of rotatable bonds is 2. The van der Waals surface area contributed by atoms with Gasteiger partial charge in [0, 0.05) is 0 Å². The van der Waals surface area contributed by atoms with Crippen molar-refractivity contribution in [3.8, 4) is 0 Å². The molecular weight excluding hydrogens is 163 g/mol. The lowest BCUT2D eigenvalue weighted by Gasteiger charge is -2.27. The van der Waals surface area contributed by atoms with E-state index in [1.165, 1.54) is 19.3 Å². The molecule has 0 aliphatic heterocycles. The van der Waals surface area contributed by atoms with Crippen LogP contribution in [0.15, 0.2) is 24.3 Å². The quantitative estimate of drug-likeness (QED) is 0.649. The van der Waals surface area contributed by atoms with Crippen molar-refractivity contribution in [3.63, 3.8) is 0 Å². The van der Waals surface area contributed by atoms with Crippen molar-refractivity contribution in [2.24, 2.45) is 0 Å². The SMILES string of the molecule is OB(O)c1ccccc1C1CCC1. The minimum atomic E-state index is -1.32. The van der Waals surface area contributed by atoms with Gasteiger partial charge < -0.3 is 10.0 Å². The molecule has 1 aromatic carbocycles. The normalized spacial score (nSPS) is 16.8. The average molecular weight is 176 g/mol. The van der Waals surface area contributed by atoms with Crippen molar-refractivity contribution >= 4 is 12.6 Å². The smallest absolute Gasteiger partial charge is 0.423 e. The van der Waals surface area contributed by atoms with Crippen LogP contribution in [0.4, 0.5) is 0 Å². The molecule has 0 saturated heterocycles. The molecule has 0 heterocycles. The van der Waals surface area contributed by atoms with E-state index in [4.69, 9.17) is 10.0 Å². The highest BCUT2D eigenvalue weighted by Gasteiger charge is 2.25. The fourth-order valence-electron chi connectivity index (χ4n) is 1.84. The summed E-state index contributed by atoms with van der Waals surface area (Å²) in [5.41, 5.74) is 1.79. The maximum atomic E-state index is 9.13. The lowest BCUT2D eigenvalue weighted by Crippen LogP contribution is -2.35. The van der Waals surface area contributed by atoms with Gasteiger partial charge in [0.1, 0.15) is 0 Å². The largest absolute Gasteiger partial charge is 0.488 e. The van der Waals surface area contributed by atoms with E-state index in [0.29, 0.717) is 11.4 Å². The van der Waals surface area contributed by atoms with E-state index in [0.717, 1.165) is 5.56 Å². The summed E-state index contributed by atoms with van der Waals surface area (Å²) in [7, 11) is -1.32. The van der Waals surface area contributed by atoms with Gasteiger partial charge in [-0.25, -0.2) is 0 Å². The van der Waals surface area contributed by atoms with Gasteiger partial charge in [-0.05, 0) is 29.8 Å². The van der Waals surface area contributed by atoms with E-state index in [1.54, 1.807) is 6.07 Å². The molecule has 0 spiro atoms. The number of hydrogen-bond donors (Lipinski definition) is 2. The topological polar surface area (TPSA) is 40.5 Å². The van der Waals surface area contributed by atoms with Crippen molar-refractivity contribution in [2.75, 3.05) is 0 Å². The van der Waals surface area contributed by atoms with Crippen LogP contribution < -0.4 is 5.46 Å². The minimum absolute atomic E-state index is 0.554. The second kappa shape index (κ2) is 3.52. The van der Waals surface area contributed by atoms with E-state index in [9.17, 15) is 0 Å². The first-order valence-electron chi connectivity index (χ1n) is 4.74. The summed E-state index contributed by atoms with van der Waals surface area (Å²) in [6.45, 7) is 0. The monoisotopic (exact) mass is 176 g/mol. The Kier molecular flexibility index (Phi) is 2.38. The first-order valence-corrected chi connectivity index (χ1v) is 4.74. The van der Waals surface area contributed by atoms with Crippen LogP contribution in [-0.2, 0) is 0 Å². The minimum Gasteiger partial charge on any atom is -0.423 e. The zero-order valence-corrected chi connectivity index (χ0v) is 7.48. The third kappa shape index (κ3) is 1.62. The molecule has 68 valence electrons. The molecule has 2 rings (SSSR count). The Labute approximate surface area is 78.4 Å². The van der Waals surface area contributed by atoms with Crippen LogP contribution in [0.5, 0.6) is 0 Å². The Morgan fingerprint density at radius 2 is 1.85 bits per heavy atom. The first kappa shape index (κ1) is 8.79. The van der Waals surface area contributed by atoms with Crippen molar-refractivity contribution < 1.29 is 10.0 Å². The molecule has 0 atom stereocenters. The summed E-state index contributed by atoms with van der Waals surface area (Å²) in [4.78, 5) is 0. The van der Waals surface area contributed by atoms with Gasteiger partial charge >= 0.3 is 7.12 Å². The Hall–Kier alpha value is -0.795. The third-order valence-corrected chi connectivity index (χ3v) is 2.82. The molecule has 0 bridgehead atoms. The Morgan fingerprint density at radius 3 is 2.38 bits per heavy atom. The summed E-state index contributed by atoms with van der Waals surface area (Å²) in [6, 6.07) is 7.59. The van der Waals surface area contributed by atoms with Gasteiger partial charge in [0.25, 0.3) is 0 Å². The van der Waals surface area contributed by atoms with Gasteiger partial charge in [-0.1, -0.05) is 30.7 Å². The Bertz CT molecular complexity index is 295. The van der Waals surface area contributed by atoms with Crippen molar-refractivity contribution in [3.05, 3.63) is 29.8 Å². The summed E-state index contributed by atoms with van der Waals surface area (Å²) in [5, 5.41) is 18.3. The second-order valence-corrected chi connectivity index (χ2v) is 3.63. The summed E-state index contributed by atoms with van der Waals surface area (Å²) in [5.74, 6) is 0.554. The Balaban J connectivity index is 2.31. The predicted octanol–water partition coefficient (Wildman–Crippen LogP) is 0.634. The van der Waals surface area contributed by atoms with Crippen LogP contribution in [-0.4, -0.2) is 17.2 Å². The van der Waals surface area contributed by atoms with Crippen LogP contribution in [0.2, 0.25) is 0 Å². The molecule has 1 aromatic rings. The molecule has 1 fully saturated rings. The van der Waals surface area contributed by atoms with E-state index < -0.39 is 7.12 Å². The van der Waals surface area contributed by atoms with E-state index in [1.807, 2.05) is 18.2 Å². The fourth-order valence-corrected chi connectivity index (χ4v) is 1.84. The molecule has 0 unspecified atom stereocenters. The van der Waals surface area contributed by atoms with E-state index in [2.05, 4.69) is 0 Å². The van der Waals surface area contributed by atoms with Crippen molar-refractivity contribution in [1.29, 1.82) is 0 Å². The maximum absolute atomic E-state index is 9.13. The van der Waals surface area contributed by atoms with Gasteiger partial charge in [-0.3, -0.25) is 0 Å². The highest BCUT2D eigenvalue weighted by Crippen LogP contribution is 2.35.